The molecule has 18 heavy (non-hydrogen) atoms. The lowest BCUT2D eigenvalue weighted by Gasteiger charge is -2.05. The molecule has 0 saturated heterocycles. The van der Waals surface area contributed by atoms with E-state index in [0.717, 1.165) is 5.39 Å². The van der Waals surface area contributed by atoms with Crippen LogP contribution in [0.4, 0.5) is 0 Å². The molecule has 5 heteroatoms. The van der Waals surface area contributed by atoms with E-state index in [1.54, 1.807) is 24.5 Å². The Bertz CT molecular complexity index is 682. The molecule has 4 nitrogen and oxygen atoms in total. The predicted molar refractivity (Wildman–Crippen MR) is 67.3 cm³/mol. The Kier molecular flexibility index (Phi) is 2.74. The lowest BCUT2D eigenvalue weighted by molar-refractivity contribution is 0.191. The van der Waals surface area contributed by atoms with Crippen molar-refractivity contribution < 1.29 is 9.52 Å². The van der Waals surface area contributed by atoms with Crippen molar-refractivity contribution in [3.63, 3.8) is 0 Å². The minimum atomic E-state index is -0.894. The number of aliphatic hydroxyl groups is 1. The van der Waals surface area contributed by atoms with Crippen LogP contribution in [-0.2, 0) is 0 Å². The van der Waals surface area contributed by atoms with Gasteiger partial charge in [0.25, 0.3) is 0 Å². The highest BCUT2D eigenvalue weighted by molar-refractivity contribution is 6.34. The zero-order chi connectivity index (χ0) is 12.5. The van der Waals surface area contributed by atoms with Gasteiger partial charge in [0, 0.05) is 23.3 Å². The first-order valence-electron chi connectivity index (χ1n) is 5.36. The average Bonchev–Trinajstić information content (AvgIpc) is 2.84. The van der Waals surface area contributed by atoms with Crippen LogP contribution in [-0.4, -0.2) is 15.1 Å². The van der Waals surface area contributed by atoms with Crippen molar-refractivity contribution in [2.45, 2.75) is 6.10 Å². The van der Waals surface area contributed by atoms with E-state index in [4.69, 9.17) is 16.0 Å². The van der Waals surface area contributed by atoms with Gasteiger partial charge in [-0.3, -0.25) is 0 Å². The summed E-state index contributed by atoms with van der Waals surface area (Å²) in [6.07, 6.45) is 3.61. The van der Waals surface area contributed by atoms with Gasteiger partial charge in [0.1, 0.15) is 18.2 Å². The number of rotatable bonds is 2. The highest BCUT2D eigenvalue weighted by Gasteiger charge is 2.16. The SMILES string of the molecule is OC(c1cncnc1)c1cc2cccc(Cl)c2o1. The molecule has 0 aliphatic heterocycles. The van der Waals surface area contributed by atoms with E-state index in [1.165, 1.54) is 6.33 Å². The molecule has 0 bridgehead atoms. The Morgan fingerprint density at radius 2 is 2.00 bits per heavy atom. The van der Waals surface area contributed by atoms with Gasteiger partial charge in [-0.2, -0.15) is 0 Å². The minimum Gasteiger partial charge on any atom is -0.456 e. The molecule has 2 heterocycles. The first kappa shape index (κ1) is 11.2. The van der Waals surface area contributed by atoms with Crippen LogP contribution in [0.1, 0.15) is 17.4 Å². The summed E-state index contributed by atoms with van der Waals surface area (Å²) in [6.45, 7) is 0. The maximum Gasteiger partial charge on any atom is 0.153 e. The van der Waals surface area contributed by atoms with E-state index in [0.29, 0.717) is 21.9 Å². The fourth-order valence-electron chi connectivity index (χ4n) is 1.80. The van der Waals surface area contributed by atoms with Crippen molar-refractivity contribution in [1.82, 2.24) is 9.97 Å². The summed E-state index contributed by atoms with van der Waals surface area (Å²) >= 11 is 6.02. The van der Waals surface area contributed by atoms with Crippen LogP contribution in [0.5, 0.6) is 0 Å². The fraction of sp³-hybridized carbons (Fsp3) is 0.0769. The topological polar surface area (TPSA) is 59.2 Å². The second-order valence-electron chi connectivity index (χ2n) is 3.88. The van der Waals surface area contributed by atoms with Gasteiger partial charge < -0.3 is 9.52 Å². The summed E-state index contributed by atoms with van der Waals surface area (Å²) in [6, 6.07) is 7.22. The molecule has 0 saturated carbocycles. The molecule has 1 unspecified atom stereocenters. The lowest BCUT2D eigenvalue weighted by atomic mass is 10.1. The highest BCUT2D eigenvalue weighted by atomic mass is 35.5. The third kappa shape index (κ3) is 1.85. The van der Waals surface area contributed by atoms with E-state index in [-0.39, 0.29) is 0 Å². The summed E-state index contributed by atoms with van der Waals surface area (Å²) in [5, 5.41) is 11.5. The van der Waals surface area contributed by atoms with E-state index >= 15 is 0 Å². The van der Waals surface area contributed by atoms with Crippen molar-refractivity contribution in [2.75, 3.05) is 0 Å². The number of nitrogens with zero attached hydrogens (tertiary/aromatic N) is 2. The summed E-state index contributed by atoms with van der Waals surface area (Å²) in [7, 11) is 0. The van der Waals surface area contributed by atoms with Crippen LogP contribution < -0.4 is 0 Å². The zero-order valence-electron chi connectivity index (χ0n) is 9.25. The van der Waals surface area contributed by atoms with E-state index < -0.39 is 6.10 Å². The number of benzene rings is 1. The molecule has 3 aromatic rings. The van der Waals surface area contributed by atoms with Crippen LogP contribution in [0.15, 0.2) is 47.4 Å². The summed E-state index contributed by atoms with van der Waals surface area (Å²) in [4.78, 5) is 7.73. The van der Waals surface area contributed by atoms with Crippen molar-refractivity contribution in [1.29, 1.82) is 0 Å². The van der Waals surface area contributed by atoms with Crippen LogP contribution in [0.25, 0.3) is 11.0 Å². The van der Waals surface area contributed by atoms with Gasteiger partial charge >= 0.3 is 0 Å². The number of furan rings is 1. The van der Waals surface area contributed by atoms with Crippen LogP contribution in [0.2, 0.25) is 5.02 Å². The maximum atomic E-state index is 10.2. The molecule has 2 aromatic heterocycles. The monoisotopic (exact) mass is 260 g/mol. The van der Waals surface area contributed by atoms with Crippen molar-refractivity contribution in [2.24, 2.45) is 0 Å². The molecule has 3 rings (SSSR count). The number of hydrogen-bond acceptors (Lipinski definition) is 4. The van der Waals surface area contributed by atoms with Crippen molar-refractivity contribution in [3.8, 4) is 0 Å². The second kappa shape index (κ2) is 4.40. The smallest absolute Gasteiger partial charge is 0.153 e. The molecule has 0 aliphatic carbocycles. The first-order chi connectivity index (χ1) is 8.75. The predicted octanol–water partition coefficient (Wildman–Crippen LogP) is 2.96. The third-order valence-electron chi connectivity index (χ3n) is 2.68. The molecule has 0 spiro atoms. The van der Waals surface area contributed by atoms with Gasteiger partial charge in [-0.15, -0.1) is 0 Å². The summed E-state index contributed by atoms with van der Waals surface area (Å²) in [5.74, 6) is 0.424. The Morgan fingerprint density at radius 3 is 2.72 bits per heavy atom. The van der Waals surface area contributed by atoms with Crippen molar-refractivity contribution in [3.05, 3.63) is 59.3 Å². The summed E-state index contributed by atoms with van der Waals surface area (Å²) in [5.41, 5.74) is 1.15. The van der Waals surface area contributed by atoms with E-state index in [1.807, 2.05) is 12.1 Å². The van der Waals surface area contributed by atoms with E-state index in [9.17, 15) is 5.11 Å². The lowest BCUT2D eigenvalue weighted by Crippen LogP contribution is -1.98. The molecule has 0 aliphatic rings. The molecular formula is C13H9ClN2O2. The third-order valence-corrected chi connectivity index (χ3v) is 2.98. The quantitative estimate of drug-likeness (QED) is 0.770. The number of fused-ring (bicyclic) bond motifs is 1. The second-order valence-corrected chi connectivity index (χ2v) is 4.29. The minimum absolute atomic E-state index is 0.424. The standard InChI is InChI=1S/C13H9ClN2O2/c14-10-3-1-2-8-4-11(18-13(8)10)12(17)9-5-15-7-16-6-9/h1-7,12,17H. The number of halogens is 1. The van der Waals surface area contributed by atoms with Gasteiger partial charge in [-0.25, -0.2) is 9.97 Å². The Morgan fingerprint density at radius 1 is 1.22 bits per heavy atom. The van der Waals surface area contributed by atoms with Crippen LogP contribution in [0.3, 0.4) is 0 Å². The molecule has 1 N–H and O–H groups in total. The number of hydrogen-bond donors (Lipinski definition) is 1. The van der Waals surface area contributed by atoms with Crippen LogP contribution >= 0.6 is 11.6 Å². The van der Waals surface area contributed by atoms with Gasteiger partial charge in [-0.05, 0) is 12.1 Å². The molecular weight excluding hydrogens is 252 g/mol. The number of aromatic nitrogens is 2. The largest absolute Gasteiger partial charge is 0.456 e. The van der Waals surface area contributed by atoms with Crippen LogP contribution in [0, 0.1) is 0 Å². The van der Waals surface area contributed by atoms with Gasteiger partial charge in [0.05, 0.1) is 5.02 Å². The van der Waals surface area contributed by atoms with Gasteiger partial charge in [-0.1, -0.05) is 23.7 Å². The highest BCUT2D eigenvalue weighted by Crippen LogP contribution is 2.31. The fourth-order valence-corrected chi connectivity index (χ4v) is 2.02. The molecule has 0 fully saturated rings. The summed E-state index contributed by atoms with van der Waals surface area (Å²) < 4.78 is 5.58. The number of aliphatic hydroxyl groups excluding tert-OH is 1. The number of para-hydroxylation sites is 1. The molecule has 0 radical (unpaired) electrons. The maximum absolute atomic E-state index is 10.2. The molecule has 1 atom stereocenters. The van der Waals surface area contributed by atoms with Gasteiger partial charge in [0.15, 0.2) is 5.58 Å². The molecule has 90 valence electrons. The van der Waals surface area contributed by atoms with Gasteiger partial charge in [0.2, 0.25) is 0 Å². The van der Waals surface area contributed by atoms with E-state index in [2.05, 4.69) is 9.97 Å². The Hall–Kier alpha value is -1.91. The van der Waals surface area contributed by atoms with Crippen molar-refractivity contribution >= 4 is 22.6 Å². The normalized spacial score (nSPS) is 12.8. The first-order valence-corrected chi connectivity index (χ1v) is 5.74. The molecule has 1 aromatic carbocycles. The zero-order valence-corrected chi connectivity index (χ0v) is 10.0. The Labute approximate surface area is 108 Å². The average molecular weight is 261 g/mol. The Balaban J connectivity index is 2.07. The molecule has 0 amide bonds.